The minimum atomic E-state index is -4.25. The normalized spacial score (nSPS) is 25.3. The highest BCUT2D eigenvalue weighted by Crippen LogP contribution is 2.41. The van der Waals surface area contributed by atoms with Crippen molar-refractivity contribution in [3.63, 3.8) is 0 Å². The van der Waals surface area contributed by atoms with E-state index in [-0.39, 0.29) is 24.4 Å². The van der Waals surface area contributed by atoms with E-state index in [2.05, 4.69) is 43.6 Å². The van der Waals surface area contributed by atoms with Crippen LogP contribution in [0.4, 0.5) is 24.9 Å². The standard InChI is InChI=1S/C24H38ClF3N6/c1-7-14(2)8-20-21(30-15(3)33-23(4,5)6)34(19-12-29-13-19)22(32-20)31-18-10-16(24(26,27)28)9-17(25)11-18/h8,16-19,29H,7,9-13H2,1-6H3,(H,30,33)(H,31,32)/b14-8+. The Hall–Kier alpha value is -1.74. The van der Waals surface area contributed by atoms with Gasteiger partial charge < -0.3 is 16.0 Å². The fourth-order valence-corrected chi connectivity index (χ4v) is 4.87. The smallest absolute Gasteiger partial charge is 0.369 e. The molecule has 0 spiro atoms. The predicted molar refractivity (Wildman–Crippen MR) is 134 cm³/mol. The molecule has 0 radical (unpaired) electrons. The lowest BCUT2D eigenvalue weighted by atomic mass is 9.85. The Morgan fingerprint density at radius 2 is 1.88 bits per heavy atom. The van der Waals surface area contributed by atoms with Crippen molar-refractivity contribution in [3.05, 3.63) is 11.3 Å². The zero-order valence-electron chi connectivity index (χ0n) is 21.0. The monoisotopic (exact) mass is 502 g/mol. The Morgan fingerprint density at radius 1 is 1.21 bits per heavy atom. The highest BCUT2D eigenvalue weighted by Gasteiger charge is 2.45. The van der Waals surface area contributed by atoms with Crippen molar-refractivity contribution in [2.24, 2.45) is 10.9 Å². The van der Waals surface area contributed by atoms with E-state index in [1.807, 2.05) is 24.5 Å². The molecule has 3 atom stereocenters. The minimum absolute atomic E-state index is 0.00906. The Balaban J connectivity index is 2.02. The summed E-state index contributed by atoms with van der Waals surface area (Å²) in [7, 11) is 0. The van der Waals surface area contributed by atoms with Crippen LogP contribution in [0.25, 0.3) is 6.08 Å². The molecule has 2 aliphatic rings. The van der Waals surface area contributed by atoms with E-state index in [4.69, 9.17) is 21.6 Å². The summed E-state index contributed by atoms with van der Waals surface area (Å²) in [6.45, 7) is 13.7. The van der Waals surface area contributed by atoms with E-state index in [0.717, 1.165) is 36.6 Å². The van der Waals surface area contributed by atoms with E-state index in [1.165, 1.54) is 0 Å². The number of amidine groups is 1. The molecule has 2 fully saturated rings. The molecule has 192 valence electrons. The molecule has 10 heteroatoms. The topological polar surface area (TPSA) is 66.3 Å². The van der Waals surface area contributed by atoms with Crippen molar-refractivity contribution in [1.29, 1.82) is 0 Å². The van der Waals surface area contributed by atoms with Crippen molar-refractivity contribution in [2.45, 2.75) is 96.4 Å². The maximum Gasteiger partial charge on any atom is 0.391 e. The van der Waals surface area contributed by atoms with Crippen LogP contribution in [0.1, 0.15) is 79.0 Å². The van der Waals surface area contributed by atoms with Crippen LogP contribution in [-0.2, 0) is 0 Å². The van der Waals surface area contributed by atoms with Crippen LogP contribution in [0.5, 0.6) is 0 Å². The Morgan fingerprint density at radius 3 is 2.41 bits per heavy atom. The van der Waals surface area contributed by atoms with Crippen LogP contribution in [0.2, 0.25) is 0 Å². The molecule has 1 aliphatic heterocycles. The molecule has 1 saturated carbocycles. The number of hydrogen-bond donors (Lipinski definition) is 3. The fourth-order valence-electron chi connectivity index (χ4n) is 4.44. The van der Waals surface area contributed by atoms with Crippen molar-refractivity contribution in [3.8, 4) is 0 Å². The molecule has 1 saturated heterocycles. The molecule has 1 aromatic rings. The van der Waals surface area contributed by atoms with Gasteiger partial charge in [0.05, 0.1) is 12.0 Å². The number of anilines is 1. The quantitative estimate of drug-likeness (QED) is 0.252. The van der Waals surface area contributed by atoms with Gasteiger partial charge in [-0.3, -0.25) is 4.57 Å². The maximum atomic E-state index is 13.5. The predicted octanol–water partition coefficient (Wildman–Crippen LogP) is 6.03. The van der Waals surface area contributed by atoms with Crippen molar-refractivity contribution >= 4 is 35.3 Å². The van der Waals surface area contributed by atoms with Gasteiger partial charge in [-0.1, -0.05) is 12.5 Å². The fraction of sp³-hybridized carbons (Fsp3) is 0.750. The molecule has 6 nitrogen and oxygen atoms in total. The molecule has 34 heavy (non-hydrogen) atoms. The maximum absolute atomic E-state index is 13.5. The number of nitrogens with zero attached hydrogens (tertiary/aromatic N) is 3. The molecule has 0 bridgehead atoms. The summed E-state index contributed by atoms with van der Waals surface area (Å²) in [5, 5.41) is 9.47. The van der Waals surface area contributed by atoms with Crippen LogP contribution in [0.3, 0.4) is 0 Å². The van der Waals surface area contributed by atoms with E-state index in [9.17, 15) is 13.2 Å². The Labute approximate surface area is 205 Å². The number of aliphatic imine (C=N–C) groups is 1. The van der Waals surface area contributed by atoms with Crippen molar-refractivity contribution in [2.75, 3.05) is 18.4 Å². The Bertz CT molecular complexity index is 911. The summed E-state index contributed by atoms with van der Waals surface area (Å²) in [4.78, 5) is 9.75. The number of halogens is 4. The van der Waals surface area contributed by atoms with Gasteiger partial charge in [0, 0.05) is 30.0 Å². The third kappa shape index (κ3) is 6.90. The van der Waals surface area contributed by atoms with Crippen LogP contribution in [0, 0.1) is 5.92 Å². The first-order valence-electron chi connectivity index (χ1n) is 12.1. The summed E-state index contributed by atoms with van der Waals surface area (Å²) in [5.41, 5.74) is 1.71. The van der Waals surface area contributed by atoms with Gasteiger partial charge in [0.1, 0.15) is 11.5 Å². The van der Waals surface area contributed by atoms with Crippen LogP contribution in [-0.4, -0.2) is 51.6 Å². The van der Waals surface area contributed by atoms with Gasteiger partial charge >= 0.3 is 6.18 Å². The molecule has 0 amide bonds. The molecule has 3 N–H and O–H groups in total. The van der Waals surface area contributed by atoms with Gasteiger partial charge in [0.2, 0.25) is 5.95 Å². The molecule has 3 unspecified atom stereocenters. The summed E-state index contributed by atoms with van der Waals surface area (Å²) in [6, 6.07) is -0.291. The first-order chi connectivity index (χ1) is 15.8. The van der Waals surface area contributed by atoms with Crippen LogP contribution < -0.4 is 16.0 Å². The van der Waals surface area contributed by atoms with Gasteiger partial charge in [-0.15, -0.1) is 11.6 Å². The van der Waals surface area contributed by atoms with Gasteiger partial charge in [0.15, 0.2) is 5.82 Å². The van der Waals surface area contributed by atoms with Crippen molar-refractivity contribution < 1.29 is 13.2 Å². The molecule has 2 heterocycles. The Kier molecular flexibility index (Phi) is 8.28. The number of aromatic nitrogens is 2. The molecular formula is C24H38ClF3N6. The van der Waals surface area contributed by atoms with Crippen LogP contribution >= 0.6 is 11.6 Å². The first kappa shape index (κ1) is 26.9. The van der Waals surface area contributed by atoms with Gasteiger partial charge in [-0.25, -0.2) is 9.98 Å². The average molecular weight is 503 g/mol. The highest BCUT2D eigenvalue weighted by atomic mass is 35.5. The summed E-state index contributed by atoms with van der Waals surface area (Å²) in [6.07, 6.45) is -0.954. The third-order valence-electron chi connectivity index (χ3n) is 6.25. The van der Waals surface area contributed by atoms with Crippen LogP contribution in [0.15, 0.2) is 10.6 Å². The molecular weight excluding hydrogens is 465 g/mol. The molecule has 1 aromatic heterocycles. The summed E-state index contributed by atoms with van der Waals surface area (Å²) < 4.78 is 42.5. The van der Waals surface area contributed by atoms with E-state index in [1.54, 1.807) is 0 Å². The van der Waals surface area contributed by atoms with E-state index < -0.39 is 23.5 Å². The number of imidazole rings is 1. The number of rotatable bonds is 6. The number of alkyl halides is 4. The number of allylic oxidation sites excluding steroid dienone is 1. The number of nitrogens with one attached hydrogen (secondary N) is 3. The highest BCUT2D eigenvalue weighted by molar-refractivity contribution is 6.20. The largest absolute Gasteiger partial charge is 0.391 e. The van der Waals surface area contributed by atoms with Crippen molar-refractivity contribution in [1.82, 2.24) is 20.2 Å². The molecule has 3 rings (SSSR count). The second-order valence-corrected chi connectivity index (χ2v) is 11.2. The lowest BCUT2D eigenvalue weighted by Crippen LogP contribution is -2.44. The van der Waals surface area contributed by atoms with Gasteiger partial charge in [0.25, 0.3) is 0 Å². The van der Waals surface area contributed by atoms with Gasteiger partial charge in [-0.05, 0) is 66.4 Å². The zero-order chi connectivity index (χ0) is 25.3. The third-order valence-corrected chi connectivity index (χ3v) is 6.61. The van der Waals surface area contributed by atoms with E-state index in [0.29, 0.717) is 18.2 Å². The second-order valence-electron chi connectivity index (χ2n) is 10.6. The molecule has 0 aromatic carbocycles. The summed E-state index contributed by atoms with van der Waals surface area (Å²) in [5.74, 6) is 0.613. The lowest BCUT2D eigenvalue weighted by molar-refractivity contribution is -0.182. The van der Waals surface area contributed by atoms with Gasteiger partial charge in [-0.2, -0.15) is 13.2 Å². The lowest BCUT2D eigenvalue weighted by Gasteiger charge is -2.35. The zero-order valence-corrected chi connectivity index (χ0v) is 21.7. The molecule has 1 aliphatic carbocycles. The number of hydrogen-bond acceptors (Lipinski definition) is 4. The van der Waals surface area contributed by atoms with E-state index >= 15 is 0 Å². The minimum Gasteiger partial charge on any atom is -0.369 e. The average Bonchev–Trinajstić information content (AvgIpc) is 2.94. The SMILES string of the molecule is CC/C(C)=C/c1nc(NC2CC(Cl)CC(C(F)(F)F)C2)n(C2CNC2)c1/N=C(\C)NC(C)(C)C. The first-order valence-corrected chi connectivity index (χ1v) is 12.5. The second kappa shape index (κ2) is 10.5. The summed E-state index contributed by atoms with van der Waals surface area (Å²) >= 11 is 6.26.